The monoisotopic (exact) mass is 343 g/mol. The number of aliphatic imine (C=N–C) groups is 1. The van der Waals surface area contributed by atoms with Crippen LogP contribution in [0.2, 0.25) is 0 Å². The van der Waals surface area contributed by atoms with Crippen molar-refractivity contribution in [3.05, 3.63) is 71.4 Å². The van der Waals surface area contributed by atoms with E-state index in [1.807, 2.05) is 36.5 Å². The third-order valence-corrected chi connectivity index (χ3v) is 4.63. The number of nitrogens with one attached hydrogen (secondary N) is 1. The molecule has 0 fully saturated rings. The summed E-state index contributed by atoms with van der Waals surface area (Å²) in [6.07, 6.45) is 2.67. The van der Waals surface area contributed by atoms with E-state index in [0.717, 1.165) is 45.4 Å². The standard InChI is InChI=1S/C22H21N3O/c1-14(26)24-20-10-6-8-17-18(20)12-22(2,3)25-21(17)16-11-15-7-4-5-9-19(15)23-13-16/h4-11,13H,12H2,1-3H3,(H,24,26). The Hall–Kier alpha value is -3.01. The van der Waals surface area contributed by atoms with Crippen LogP contribution in [0.1, 0.15) is 37.5 Å². The third kappa shape index (κ3) is 2.99. The van der Waals surface area contributed by atoms with E-state index in [9.17, 15) is 4.79 Å². The predicted octanol–water partition coefficient (Wildman–Crippen LogP) is 4.37. The number of aromatic nitrogens is 1. The van der Waals surface area contributed by atoms with Crippen molar-refractivity contribution in [2.75, 3.05) is 5.32 Å². The molecule has 130 valence electrons. The molecule has 0 saturated carbocycles. The Morgan fingerprint density at radius 2 is 1.92 bits per heavy atom. The number of rotatable bonds is 2. The minimum Gasteiger partial charge on any atom is -0.326 e. The molecule has 4 nitrogen and oxygen atoms in total. The zero-order chi connectivity index (χ0) is 18.3. The minimum atomic E-state index is -0.247. The fourth-order valence-corrected chi connectivity index (χ4v) is 3.56. The van der Waals surface area contributed by atoms with E-state index in [4.69, 9.17) is 4.99 Å². The Bertz CT molecular complexity index is 1050. The number of para-hydroxylation sites is 1. The smallest absolute Gasteiger partial charge is 0.221 e. The molecule has 1 aliphatic rings. The lowest BCUT2D eigenvalue weighted by atomic mass is 9.84. The van der Waals surface area contributed by atoms with Gasteiger partial charge in [0.25, 0.3) is 0 Å². The van der Waals surface area contributed by atoms with Crippen LogP contribution in [0.3, 0.4) is 0 Å². The summed E-state index contributed by atoms with van der Waals surface area (Å²) in [4.78, 5) is 21.2. The van der Waals surface area contributed by atoms with Crippen molar-refractivity contribution in [2.45, 2.75) is 32.7 Å². The maximum absolute atomic E-state index is 11.6. The SMILES string of the molecule is CC(=O)Nc1cccc2c1CC(C)(C)N=C2c1cnc2ccccc2c1. The first kappa shape index (κ1) is 16.5. The second-order valence-electron chi connectivity index (χ2n) is 7.38. The largest absolute Gasteiger partial charge is 0.326 e. The van der Waals surface area contributed by atoms with Crippen LogP contribution in [0.4, 0.5) is 5.69 Å². The molecule has 0 radical (unpaired) electrons. The molecule has 2 aromatic carbocycles. The number of pyridine rings is 1. The molecule has 4 rings (SSSR count). The van der Waals surface area contributed by atoms with Gasteiger partial charge < -0.3 is 5.32 Å². The van der Waals surface area contributed by atoms with E-state index in [-0.39, 0.29) is 11.4 Å². The molecule has 0 saturated heterocycles. The Balaban J connectivity index is 1.90. The van der Waals surface area contributed by atoms with Crippen molar-refractivity contribution in [3.8, 4) is 0 Å². The second-order valence-corrected chi connectivity index (χ2v) is 7.38. The highest BCUT2D eigenvalue weighted by atomic mass is 16.1. The number of amides is 1. The summed E-state index contributed by atoms with van der Waals surface area (Å²) in [5.41, 5.74) is 5.71. The Morgan fingerprint density at radius 3 is 2.73 bits per heavy atom. The van der Waals surface area contributed by atoms with Crippen LogP contribution >= 0.6 is 0 Å². The van der Waals surface area contributed by atoms with E-state index >= 15 is 0 Å². The van der Waals surface area contributed by atoms with Crippen LogP contribution in [0, 0.1) is 0 Å². The van der Waals surface area contributed by atoms with Crippen LogP contribution in [0.25, 0.3) is 10.9 Å². The van der Waals surface area contributed by atoms with Gasteiger partial charge in [-0.2, -0.15) is 0 Å². The summed E-state index contributed by atoms with van der Waals surface area (Å²) in [6.45, 7) is 5.78. The van der Waals surface area contributed by atoms with E-state index < -0.39 is 0 Å². The van der Waals surface area contributed by atoms with E-state index in [2.05, 4.69) is 42.3 Å². The van der Waals surface area contributed by atoms with Gasteiger partial charge in [-0.15, -0.1) is 0 Å². The van der Waals surface area contributed by atoms with Gasteiger partial charge in [0.1, 0.15) is 0 Å². The highest BCUT2D eigenvalue weighted by Crippen LogP contribution is 2.34. The number of carbonyl (C=O) groups excluding carboxylic acids is 1. The molecule has 1 aliphatic heterocycles. The molecule has 0 aliphatic carbocycles. The molecule has 2 heterocycles. The number of benzene rings is 2. The van der Waals surface area contributed by atoms with Gasteiger partial charge in [0, 0.05) is 35.3 Å². The molecule has 26 heavy (non-hydrogen) atoms. The van der Waals surface area contributed by atoms with Gasteiger partial charge in [-0.1, -0.05) is 30.3 Å². The van der Waals surface area contributed by atoms with Crippen molar-refractivity contribution in [1.29, 1.82) is 0 Å². The first-order valence-electron chi connectivity index (χ1n) is 8.78. The molecule has 0 spiro atoms. The van der Waals surface area contributed by atoms with E-state index in [1.165, 1.54) is 6.92 Å². The van der Waals surface area contributed by atoms with Gasteiger partial charge in [-0.05, 0) is 44.0 Å². The number of hydrogen-bond donors (Lipinski definition) is 1. The average molecular weight is 343 g/mol. The van der Waals surface area contributed by atoms with Crippen molar-refractivity contribution in [1.82, 2.24) is 4.98 Å². The van der Waals surface area contributed by atoms with Crippen LogP contribution in [-0.4, -0.2) is 22.1 Å². The first-order valence-corrected chi connectivity index (χ1v) is 8.78. The maximum atomic E-state index is 11.6. The van der Waals surface area contributed by atoms with E-state index in [0.29, 0.717) is 0 Å². The Morgan fingerprint density at radius 1 is 1.12 bits per heavy atom. The summed E-state index contributed by atoms with van der Waals surface area (Å²) < 4.78 is 0. The zero-order valence-electron chi connectivity index (χ0n) is 15.2. The minimum absolute atomic E-state index is 0.0624. The fraction of sp³-hybridized carbons (Fsp3) is 0.227. The highest BCUT2D eigenvalue weighted by molar-refractivity contribution is 6.16. The van der Waals surface area contributed by atoms with E-state index in [1.54, 1.807) is 0 Å². The van der Waals surface area contributed by atoms with Gasteiger partial charge in [0.15, 0.2) is 0 Å². The van der Waals surface area contributed by atoms with Gasteiger partial charge in [-0.25, -0.2) is 0 Å². The average Bonchev–Trinajstić information content (AvgIpc) is 2.60. The van der Waals surface area contributed by atoms with Crippen molar-refractivity contribution >= 4 is 28.2 Å². The fourth-order valence-electron chi connectivity index (χ4n) is 3.56. The van der Waals surface area contributed by atoms with Crippen LogP contribution < -0.4 is 5.32 Å². The van der Waals surface area contributed by atoms with Crippen molar-refractivity contribution in [2.24, 2.45) is 4.99 Å². The number of fused-ring (bicyclic) bond motifs is 2. The maximum Gasteiger partial charge on any atom is 0.221 e. The predicted molar refractivity (Wildman–Crippen MR) is 106 cm³/mol. The van der Waals surface area contributed by atoms with Gasteiger partial charge in [0.2, 0.25) is 5.91 Å². The van der Waals surface area contributed by atoms with Crippen LogP contribution in [0.15, 0.2) is 59.7 Å². The second kappa shape index (κ2) is 6.06. The Labute approximate surface area is 153 Å². The molecule has 1 amide bonds. The lowest BCUT2D eigenvalue weighted by molar-refractivity contribution is -0.114. The summed E-state index contributed by atoms with van der Waals surface area (Å²) in [5.74, 6) is -0.0624. The molecule has 1 aromatic heterocycles. The molecule has 0 bridgehead atoms. The normalized spacial score (nSPS) is 15.3. The van der Waals surface area contributed by atoms with Crippen LogP contribution in [-0.2, 0) is 11.2 Å². The quantitative estimate of drug-likeness (QED) is 0.751. The van der Waals surface area contributed by atoms with Crippen molar-refractivity contribution in [3.63, 3.8) is 0 Å². The van der Waals surface area contributed by atoms with Crippen molar-refractivity contribution < 1.29 is 4.79 Å². The lowest BCUT2D eigenvalue weighted by Gasteiger charge is -2.30. The molecule has 3 aromatic rings. The summed E-state index contributed by atoms with van der Waals surface area (Å²) in [5, 5.41) is 4.06. The molecule has 4 heteroatoms. The number of nitrogens with zero attached hydrogens (tertiary/aromatic N) is 2. The molecule has 0 atom stereocenters. The highest BCUT2D eigenvalue weighted by Gasteiger charge is 2.29. The summed E-state index contributed by atoms with van der Waals surface area (Å²) in [7, 11) is 0. The molecule has 0 unspecified atom stereocenters. The zero-order valence-corrected chi connectivity index (χ0v) is 15.2. The number of anilines is 1. The molecular formula is C22H21N3O. The number of hydrogen-bond acceptors (Lipinski definition) is 3. The molecular weight excluding hydrogens is 322 g/mol. The Kier molecular flexibility index (Phi) is 3.83. The lowest BCUT2D eigenvalue weighted by Crippen LogP contribution is -2.30. The summed E-state index contributed by atoms with van der Waals surface area (Å²) in [6, 6.07) is 16.2. The van der Waals surface area contributed by atoms with Crippen LogP contribution in [0.5, 0.6) is 0 Å². The van der Waals surface area contributed by atoms with Gasteiger partial charge in [0.05, 0.1) is 16.8 Å². The summed E-state index contributed by atoms with van der Waals surface area (Å²) >= 11 is 0. The molecule has 1 N–H and O–H groups in total. The van der Waals surface area contributed by atoms with Gasteiger partial charge in [-0.3, -0.25) is 14.8 Å². The first-order chi connectivity index (χ1) is 12.4. The number of carbonyl (C=O) groups is 1. The van der Waals surface area contributed by atoms with Gasteiger partial charge >= 0.3 is 0 Å². The third-order valence-electron chi connectivity index (χ3n) is 4.63. The topological polar surface area (TPSA) is 54.4 Å².